The number of rotatable bonds is 7. The molecule has 6 nitrogen and oxygen atoms in total. The topological polar surface area (TPSA) is 69.0 Å². The molecular formula is C23H27FN4O2S. The van der Waals surface area contributed by atoms with Crippen molar-refractivity contribution in [3.05, 3.63) is 71.3 Å². The molecule has 1 amide bonds. The fourth-order valence-electron chi connectivity index (χ4n) is 2.69. The number of hydrogen-bond donors (Lipinski definition) is 1. The number of ether oxygens (including phenoxy) is 1. The van der Waals surface area contributed by atoms with Crippen molar-refractivity contribution in [3.8, 4) is 10.9 Å². The molecule has 0 aliphatic carbocycles. The van der Waals surface area contributed by atoms with Crippen molar-refractivity contribution in [1.82, 2.24) is 20.1 Å². The lowest BCUT2D eigenvalue weighted by atomic mass is 10.1. The van der Waals surface area contributed by atoms with Crippen LogP contribution in [0.4, 0.5) is 4.39 Å². The van der Waals surface area contributed by atoms with Crippen molar-refractivity contribution in [2.75, 3.05) is 7.11 Å². The molecule has 8 heteroatoms. The van der Waals surface area contributed by atoms with Crippen LogP contribution in [0.1, 0.15) is 43.3 Å². The molecule has 1 N–H and O–H groups in total. The van der Waals surface area contributed by atoms with Crippen LogP contribution in [0.25, 0.3) is 17.3 Å². The summed E-state index contributed by atoms with van der Waals surface area (Å²) in [6.45, 7) is 10.2. The molecule has 0 fully saturated rings. The van der Waals surface area contributed by atoms with Gasteiger partial charge in [-0.15, -0.1) is 0 Å². The van der Waals surface area contributed by atoms with Crippen molar-refractivity contribution < 1.29 is 13.9 Å². The van der Waals surface area contributed by atoms with Crippen LogP contribution in [-0.4, -0.2) is 27.8 Å². The average molecular weight is 443 g/mol. The molecule has 0 saturated heterocycles. The smallest absolute Gasteiger partial charge is 0.273 e. The highest BCUT2D eigenvalue weighted by Gasteiger charge is 2.18. The van der Waals surface area contributed by atoms with Crippen molar-refractivity contribution >= 4 is 28.9 Å². The third-order valence-electron chi connectivity index (χ3n) is 4.02. The van der Waals surface area contributed by atoms with Gasteiger partial charge in [-0.2, -0.15) is 5.10 Å². The number of methoxy groups -OCH3 is 1. The highest BCUT2D eigenvalue weighted by molar-refractivity contribution is 7.13. The fraction of sp³-hybridized carbons (Fsp3) is 0.261. The number of benzene rings is 1. The van der Waals surface area contributed by atoms with Gasteiger partial charge < -0.3 is 10.1 Å². The maximum absolute atomic E-state index is 13.2. The monoisotopic (exact) mass is 442 g/mol. The van der Waals surface area contributed by atoms with E-state index < -0.39 is 0 Å². The Morgan fingerprint density at radius 2 is 1.97 bits per heavy atom. The number of amides is 1. The summed E-state index contributed by atoms with van der Waals surface area (Å²) in [4.78, 5) is 17.7. The average Bonchev–Trinajstić information content (AvgIpc) is 3.41. The second-order valence-electron chi connectivity index (χ2n) is 6.42. The number of hydrogen-bond acceptors (Lipinski definition) is 5. The maximum Gasteiger partial charge on any atom is 0.273 e. The van der Waals surface area contributed by atoms with Gasteiger partial charge in [0.2, 0.25) is 0 Å². The predicted octanol–water partition coefficient (Wildman–Crippen LogP) is 5.26. The Hall–Kier alpha value is -3.26. The SMILES string of the molecule is C=Cc1c(/C(=C\C)C(=O)NCc2cnc(OC)s2)cnn1-c1ccc(F)cc1.CCC. The van der Waals surface area contributed by atoms with E-state index >= 15 is 0 Å². The second kappa shape index (κ2) is 11.8. The van der Waals surface area contributed by atoms with E-state index in [4.69, 9.17) is 4.74 Å². The van der Waals surface area contributed by atoms with E-state index in [-0.39, 0.29) is 11.7 Å². The molecule has 0 spiro atoms. The third kappa shape index (κ3) is 6.11. The standard InChI is InChI=1S/C20H19FN4O2S.C3H8/c1-4-16(19(26)22-10-15-11-23-20(27-3)28-15)17-12-24-25(18(17)5-2)14-8-6-13(21)7-9-14;1-3-2/h4-9,11-12H,2,10H2,1,3H3,(H,22,26);3H2,1-2H3/b16-4+;. The van der Waals surface area contributed by atoms with Crippen LogP contribution in [0.15, 0.2) is 49.3 Å². The summed E-state index contributed by atoms with van der Waals surface area (Å²) in [5.74, 6) is -0.568. The first-order valence-electron chi connectivity index (χ1n) is 9.88. The number of nitrogens with one attached hydrogen (secondary N) is 1. The molecular weight excluding hydrogens is 415 g/mol. The molecule has 164 valence electrons. The molecule has 0 unspecified atom stereocenters. The van der Waals surface area contributed by atoms with E-state index in [0.717, 1.165) is 4.88 Å². The van der Waals surface area contributed by atoms with E-state index in [0.29, 0.717) is 34.3 Å². The number of aromatic nitrogens is 3. The molecule has 0 bridgehead atoms. The van der Waals surface area contributed by atoms with Gasteiger partial charge in [0.15, 0.2) is 0 Å². The van der Waals surface area contributed by atoms with Crippen LogP contribution < -0.4 is 10.1 Å². The highest BCUT2D eigenvalue weighted by Crippen LogP contribution is 2.24. The molecule has 0 aliphatic rings. The van der Waals surface area contributed by atoms with Crippen LogP contribution in [0, 0.1) is 5.82 Å². The Bertz CT molecular complexity index is 1040. The van der Waals surface area contributed by atoms with Crippen molar-refractivity contribution in [2.24, 2.45) is 0 Å². The van der Waals surface area contributed by atoms with Crippen LogP contribution in [0.2, 0.25) is 0 Å². The largest absolute Gasteiger partial charge is 0.473 e. The zero-order valence-corrected chi connectivity index (χ0v) is 19.0. The summed E-state index contributed by atoms with van der Waals surface area (Å²) in [5.41, 5.74) is 2.44. The summed E-state index contributed by atoms with van der Waals surface area (Å²) >= 11 is 1.37. The fourth-order valence-corrected chi connectivity index (χ4v) is 3.35. The quantitative estimate of drug-likeness (QED) is 0.507. The van der Waals surface area contributed by atoms with Crippen molar-refractivity contribution in [1.29, 1.82) is 0 Å². The first-order valence-corrected chi connectivity index (χ1v) is 10.7. The van der Waals surface area contributed by atoms with Gasteiger partial charge in [-0.25, -0.2) is 14.1 Å². The lowest BCUT2D eigenvalue weighted by Crippen LogP contribution is -2.23. The molecule has 2 heterocycles. The van der Waals surface area contributed by atoms with Crippen molar-refractivity contribution in [2.45, 2.75) is 33.7 Å². The molecule has 2 aromatic heterocycles. The molecule has 1 aromatic carbocycles. The number of nitrogens with zero attached hydrogens (tertiary/aromatic N) is 3. The molecule has 3 rings (SSSR count). The number of halogens is 1. The van der Waals surface area contributed by atoms with Gasteiger partial charge in [0, 0.05) is 22.2 Å². The van der Waals surface area contributed by atoms with Crippen molar-refractivity contribution in [3.63, 3.8) is 0 Å². The highest BCUT2D eigenvalue weighted by atomic mass is 32.1. The van der Waals surface area contributed by atoms with Gasteiger partial charge >= 0.3 is 0 Å². The maximum atomic E-state index is 13.2. The van der Waals surface area contributed by atoms with E-state index in [1.165, 1.54) is 29.9 Å². The zero-order valence-electron chi connectivity index (χ0n) is 18.2. The minimum absolute atomic E-state index is 0.239. The summed E-state index contributed by atoms with van der Waals surface area (Å²) in [5, 5.41) is 7.78. The minimum atomic E-state index is -0.329. The normalized spacial score (nSPS) is 10.8. The van der Waals surface area contributed by atoms with Crippen LogP contribution >= 0.6 is 11.3 Å². The van der Waals surface area contributed by atoms with Gasteiger partial charge in [-0.3, -0.25) is 4.79 Å². The Balaban J connectivity index is 0.00000107. The predicted molar refractivity (Wildman–Crippen MR) is 124 cm³/mol. The van der Waals surface area contributed by atoms with Gasteiger partial charge in [-0.1, -0.05) is 44.3 Å². The molecule has 31 heavy (non-hydrogen) atoms. The molecule has 3 aromatic rings. The Morgan fingerprint density at radius 1 is 1.29 bits per heavy atom. The van der Waals surface area contributed by atoms with Gasteiger partial charge in [0.05, 0.1) is 31.2 Å². The summed E-state index contributed by atoms with van der Waals surface area (Å²) in [7, 11) is 1.55. The van der Waals surface area contributed by atoms with Gasteiger partial charge in [0.25, 0.3) is 11.1 Å². The number of carbonyl (C=O) groups excluding carboxylic acids is 1. The van der Waals surface area contributed by atoms with E-state index in [1.54, 1.807) is 55.4 Å². The third-order valence-corrected chi connectivity index (χ3v) is 4.98. The van der Waals surface area contributed by atoms with Crippen LogP contribution in [0.3, 0.4) is 0 Å². The van der Waals surface area contributed by atoms with Crippen LogP contribution in [-0.2, 0) is 11.3 Å². The second-order valence-corrected chi connectivity index (χ2v) is 7.50. The Kier molecular flexibility index (Phi) is 9.14. The summed E-state index contributed by atoms with van der Waals surface area (Å²) in [6, 6.07) is 5.95. The molecule has 0 atom stereocenters. The summed E-state index contributed by atoms with van der Waals surface area (Å²) < 4.78 is 19.9. The molecule has 0 aliphatic heterocycles. The van der Waals surface area contributed by atoms with E-state index in [9.17, 15) is 9.18 Å². The van der Waals surface area contributed by atoms with E-state index in [2.05, 4.69) is 35.8 Å². The number of thiazole rings is 1. The van der Waals surface area contributed by atoms with Gasteiger partial charge in [-0.05, 0) is 37.3 Å². The lowest BCUT2D eigenvalue weighted by molar-refractivity contribution is -0.115. The summed E-state index contributed by atoms with van der Waals surface area (Å²) in [6.07, 6.45) is 7.87. The lowest BCUT2D eigenvalue weighted by Gasteiger charge is -2.09. The molecule has 0 saturated carbocycles. The Morgan fingerprint density at radius 3 is 2.52 bits per heavy atom. The first kappa shape index (κ1) is 24.0. The molecule has 0 radical (unpaired) electrons. The Labute approximate surface area is 186 Å². The first-order chi connectivity index (χ1) is 15.0. The van der Waals surface area contributed by atoms with E-state index in [1.807, 2.05) is 0 Å². The minimum Gasteiger partial charge on any atom is -0.473 e. The zero-order chi connectivity index (χ0) is 22.8. The number of allylic oxidation sites excluding steroid dienone is 1. The van der Waals surface area contributed by atoms with Crippen LogP contribution in [0.5, 0.6) is 5.19 Å². The number of carbonyl (C=O) groups is 1. The van der Waals surface area contributed by atoms with Gasteiger partial charge in [0.1, 0.15) is 5.82 Å².